The van der Waals surface area contributed by atoms with Gasteiger partial charge >= 0.3 is 0 Å². The monoisotopic (exact) mass is 746 g/mol. The zero-order chi connectivity index (χ0) is 43.4. The second kappa shape index (κ2) is 12.8. The molecule has 0 amide bonds. The molecule has 0 aliphatic heterocycles. The molecule has 0 saturated carbocycles. The Kier molecular flexibility index (Phi) is 5.94. The summed E-state index contributed by atoms with van der Waals surface area (Å²) in [5.41, 5.74) is 6.05. The maximum atomic E-state index is 9.25. The third-order valence-corrected chi connectivity index (χ3v) is 11.0. The third kappa shape index (κ3) is 5.00. The van der Waals surface area contributed by atoms with Crippen LogP contribution in [-0.2, 0) is 0 Å². The molecule has 0 atom stereocenters. The first kappa shape index (κ1) is 26.8. The summed E-state index contributed by atoms with van der Waals surface area (Å²) in [6.07, 6.45) is 0. The van der Waals surface area contributed by atoms with E-state index in [1.165, 1.54) is 12.1 Å². The van der Waals surface area contributed by atoms with Crippen molar-refractivity contribution in [3.63, 3.8) is 0 Å². The number of nitrogens with zero attached hydrogens (tertiary/aromatic N) is 4. The molecule has 5 nitrogen and oxygen atoms in total. The molecule has 0 fully saturated rings. The van der Waals surface area contributed by atoms with Gasteiger partial charge in [-0.25, -0.2) is 15.0 Å². The Hall–Kier alpha value is -7.89. The molecule has 58 heavy (non-hydrogen) atoms. The first-order chi connectivity index (χ1) is 31.2. The van der Waals surface area contributed by atoms with E-state index in [0.717, 1.165) is 43.4 Å². The van der Waals surface area contributed by atoms with E-state index in [1.54, 1.807) is 4.57 Å². The molecule has 0 unspecified atom stereocenters. The number of fused-ring (bicyclic) bond motifs is 9. The third-order valence-electron chi connectivity index (χ3n) is 11.0. The molecule has 0 aliphatic carbocycles. The van der Waals surface area contributed by atoms with Crippen molar-refractivity contribution in [3.8, 4) is 51.0 Å². The van der Waals surface area contributed by atoms with Crippen LogP contribution < -0.4 is 0 Å². The van der Waals surface area contributed by atoms with E-state index in [2.05, 4.69) is 30.3 Å². The van der Waals surface area contributed by atoms with Crippen molar-refractivity contribution in [1.29, 1.82) is 0 Å². The number of hydrogen-bond acceptors (Lipinski definition) is 4. The van der Waals surface area contributed by atoms with Crippen LogP contribution in [0.1, 0.15) is 8.22 Å². The van der Waals surface area contributed by atoms with Gasteiger partial charge in [0.2, 0.25) is 0 Å². The lowest BCUT2D eigenvalue weighted by atomic mass is 9.96. The maximum Gasteiger partial charge on any atom is 0.164 e. The zero-order valence-electron chi connectivity index (χ0n) is 36.7. The van der Waals surface area contributed by atoms with Gasteiger partial charge in [-0.2, -0.15) is 0 Å². The van der Waals surface area contributed by atoms with Crippen LogP contribution in [0, 0.1) is 0 Å². The van der Waals surface area contributed by atoms with Crippen LogP contribution >= 0.6 is 0 Å². The summed E-state index contributed by atoms with van der Waals surface area (Å²) in [5, 5.41) is 6.46. The standard InChI is InChI=1S/C53H32N4O/c1-2-15-33(16-3-1)51-54-52(56-53(55-51)45-31-34-17-4-5-18-36(34)37-19-6-7-20-38(37)45)35-29-30-48(57-46-26-11-8-21-39(46)40-22-9-12-27-47(40)57)44(32-35)43-25-14-24-42-41-23-10-13-28-49(41)58-50(42)43/h1-32H/i8D,9D,21D,22D,26D,27D. The van der Waals surface area contributed by atoms with Gasteiger partial charge < -0.3 is 8.98 Å². The highest BCUT2D eigenvalue weighted by Gasteiger charge is 2.22. The minimum atomic E-state index is -0.182. The van der Waals surface area contributed by atoms with Crippen LogP contribution in [0.3, 0.4) is 0 Å². The quantitative estimate of drug-likeness (QED) is 0.165. The fourth-order valence-corrected chi connectivity index (χ4v) is 8.38. The lowest BCUT2D eigenvalue weighted by molar-refractivity contribution is 0.670. The SMILES string of the molecule is [2H]c1cc([2H])c2c(c1[2H])c1c([2H])c([2H])cc([2H])c1n2-c1ccc(-c2nc(-c3ccccc3)nc(-c3cc4ccccc4c4ccccc34)n2)cc1-c1cccc2c1oc1ccccc12. The summed E-state index contributed by atoms with van der Waals surface area (Å²) in [6, 6.07) is 49.9. The fraction of sp³-hybridized carbons (Fsp3) is 0. The highest BCUT2D eigenvalue weighted by Crippen LogP contribution is 2.43. The summed E-state index contributed by atoms with van der Waals surface area (Å²) in [6.45, 7) is 0. The Morgan fingerprint density at radius 3 is 1.84 bits per heavy atom. The number of rotatable bonds is 5. The van der Waals surface area contributed by atoms with E-state index in [-0.39, 0.29) is 58.1 Å². The molecule has 0 bridgehead atoms. The van der Waals surface area contributed by atoms with Crippen molar-refractivity contribution in [2.75, 3.05) is 0 Å². The molecule has 0 radical (unpaired) electrons. The largest absolute Gasteiger partial charge is 0.455 e. The van der Waals surface area contributed by atoms with Gasteiger partial charge in [0.15, 0.2) is 17.5 Å². The number of aromatic nitrogens is 4. The Morgan fingerprint density at radius 2 is 1.05 bits per heavy atom. The molecule has 3 aromatic heterocycles. The van der Waals surface area contributed by atoms with E-state index in [9.17, 15) is 2.74 Å². The molecular weight excluding hydrogens is 709 g/mol. The van der Waals surface area contributed by atoms with Crippen molar-refractivity contribution >= 4 is 65.3 Å². The van der Waals surface area contributed by atoms with Gasteiger partial charge in [-0.05, 0) is 64.0 Å². The first-order valence-electron chi connectivity index (χ1n) is 22.0. The van der Waals surface area contributed by atoms with Gasteiger partial charge in [-0.15, -0.1) is 0 Å². The van der Waals surface area contributed by atoms with Crippen molar-refractivity contribution in [2.45, 2.75) is 0 Å². The van der Waals surface area contributed by atoms with Crippen molar-refractivity contribution in [2.24, 2.45) is 0 Å². The average Bonchev–Trinajstić information content (AvgIpc) is 3.90. The lowest BCUT2D eigenvalue weighted by Crippen LogP contribution is -2.02. The van der Waals surface area contributed by atoms with Gasteiger partial charge in [-0.3, -0.25) is 0 Å². The topological polar surface area (TPSA) is 56.7 Å². The lowest BCUT2D eigenvalue weighted by Gasteiger charge is -2.17. The maximum absolute atomic E-state index is 9.25. The summed E-state index contributed by atoms with van der Waals surface area (Å²) in [5.74, 6) is 1.40. The van der Waals surface area contributed by atoms with Gasteiger partial charge in [0.1, 0.15) is 11.2 Å². The van der Waals surface area contributed by atoms with E-state index >= 15 is 0 Å². The van der Waals surface area contributed by atoms with E-state index in [0.29, 0.717) is 51.0 Å². The molecule has 3 heterocycles. The summed E-state index contributed by atoms with van der Waals surface area (Å²) < 4.78 is 62.2. The van der Waals surface area contributed by atoms with Crippen LogP contribution in [0.5, 0.6) is 0 Å². The second-order valence-electron chi connectivity index (χ2n) is 14.3. The Labute approximate surface area is 341 Å². The first-order valence-corrected chi connectivity index (χ1v) is 19.0. The van der Waals surface area contributed by atoms with Crippen LogP contribution in [0.15, 0.2) is 198 Å². The predicted octanol–water partition coefficient (Wildman–Crippen LogP) is 13.8. The van der Waals surface area contributed by atoms with Gasteiger partial charge in [0.25, 0.3) is 0 Å². The summed E-state index contributed by atoms with van der Waals surface area (Å²) >= 11 is 0. The van der Waals surface area contributed by atoms with Crippen molar-refractivity contribution in [1.82, 2.24) is 19.5 Å². The minimum Gasteiger partial charge on any atom is -0.455 e. The molecule has 0 N–H and O–H groups in total. The van der Waals surface area contributed by atoms with Crippen LogP contribution in [0.25, 0.3) is 116 Å². The molecular formula is C53H32N4O. The number of benzene rings is 9. The Bertz CT molecular complexity index is 3870. The highest BCUT2D eigenvalue weighted by molar-refractivity contribution is 6.14. The van der Waals surface area contributed by atoms with Crippen molar-refractivity contribution < 1.29 is 12.6 Å². The molecule has 5 heteroatoms. The molecule has 0 aliphatic rings. The normalized spacial score (nSPS) is 13.2. The van der Waals surface area contributed by atoms with E-state index < -0.39 is 0 Å². The predicted molar refractivity (Wildman–Crippen MR) is 238 cm³/mol. The number of para-hydroxylation sites is 4. The highest BCUT2D eigenvalue weighted by atomic mass is 16.3. The van der Waals surface area contributed by atoms with Crippen LogP contribution in [-0.4, -0.2) is 19.5 Å². The summed E-state index contributed by atoms with van der Waals surface area (Å²) in [7, 11) is 0. The van der Waals surface area contributed by atoms with Gasteiger partial charge in [0.05, 0.1) is 24.9 Å². The molecule has 0 saturated heterocycles. The summed E-state index contributed by atoms with van der Waals surface area (Å²) in [4.78, 5) is 15.5. The fourth-order valence-electron chi connectivity index (χ4n) is 8.38. The Balaban J connectivity index is 1.19. The zero-order valence-corrected chi connectivity index (χ0v) is 30.7. The molecule has 270 valence electrons. The van der Waals surface area contributed by atoms with E-state index in [4.69, 9.17) is 24.9 Å². The van der Waals surface area contributed by atoms with Crippen molar-refractivity contribution in [3.05, 3.63) is 194 Å². The second-order valence-corrected chi connectivity index (χ2v) is 14.3. The smallest absolute Gasteiger partial charge is 0.164 e. The molecule has 12 aromatic rings. The Morgan fingerprint density at radius 1 is 0.414 bits per heavy atom. The van der Waals surface area contributed by atoms with Crippen LogP contribution in [0.4, 0.5) is 0 Å². The van der Waals surface area contributed by atoms with Crippen LogP contribution in [0.2, 0.25) is 0 Å². The van der Waals surface area contributed by atoms with Gasteiger partial charge in [-0.1, -0.05) is 152 Å². The average molecular weight is 747 g/mol. The minimum absolute atomic E-state index is 0.0493. The molecule has 0 spiro atoms. The van der Waals surface area contributed by atoms with E-state index in [1.807, 2.05) is 115 Å². The van der Waals surface area contributed by atoms with Gasteiger partial charge in [0, 0.05) is 49.4 Å². The molecule has 9 aromatic carbocycles. The number of furan rings is 1. The molecule has 12 rings (SSSR count). The number of hydrogen-bond donors (Lipinski definition) is 0.